The van der Waals surface area contributed by atoms with Crippen LogP contribution in [-0.4, -0.2) is 33.9 Å². The second kappa shape index (κ2) is 11.6. The molecule has 5 N–H and O–H groups in total. The second-order valence-electron chi connectivity index (χ2n) is 9.63. The van der Waals surface area contributed by atoms with Crippen LogP contribution in [0.5, 0.6) is 0 Å². The van der Waals surface area contributed by atoms with E-state index < -0.39 is 0 Å². The van der Waals surface area contributed by atoms with Gasteiger partial charge in [-0.1, -0.05) is 19.6 Å². The number of pyridine rings is 1. The van der Waals surface area contributed by atoms with Gasteiger partial charge in [-0.3, -0.25) is 4.98 Å². The highest BCUT2D eigenvalue weighted by Gasteiger charge is 2.18. The lowest BCUT2D eigenvalue weighted by Crippen LogP contribution is -2.33. The predicted octanol–water partition coefficient (Wildman–Crippen LogP) is 5.37. The third-order valence-corrected chi connectivity index (χ3v) is 6.86. The summed E-state index contributed by atoms with van der Waals surface area (Å²) < 4.78 is 0. The van der Waals surface area contributed by atoms with Gasteiger partial charge in [0.05, 0.1) is 22.8 Å². The molecule has 0 unspecified atom stereocenters. The number of hydrazone groups is 1. The van der Waals surface area contributed by atoms with Crippen LogP contribution in [0.3, 0.4) is 0 Å². The van der Waals surface area contributed by atoms with Crippen LogP contribution in [0.15, 0.2) is 97.1 Å². The highest BCUT2D eigenvalue weighted by Crippen LogP contribution is 2.32. The number of hydrogen-bond donors (Lipinski definition) is 3. The first-order chi connectivity index (χ1) is 19.0. The number of benzene rings is 2. The topological polar surface area (TPSA) is 122 Å². The molecule has 0 amide bonds. The molecular formula is C30H33N9. The van der Waals surface area contributed by atoms with Crippen molar-refractivity contribution in [2.75, 3.05) is 34.0 Å². The highest BCUT2D eigenvalue weighted by molar-refractivity contribution is 5.97. The van der Waals surface area contributed by atoms with Gasteiger partial charge in [0.2, 0.25) is 5.95 Å². The minimum Gasteiger partial charge on any atom is -0.397 e. The van der Waals surface area contributed by atoms with Crippen molar-refractivity contribution < 1.29 is 0 Å². The summed E-state index contributed by atoms with van der Waals surface area (Å²) in [5.74, 6) is 1.63. The Labute approximate surface area is 228 Å². The number of aromatic nitrogens is 3. The van der Waals surface area contributed by atoms with Gasteiger partial charge in [0.15, 0.2) is 5.84 Å². The van der Waals surface area contributed by atoms with Crippen LogP contribution in [-0.2, 0) is 0 Å². The zero-order valence-electron chi connectivity index (χ0n) is 22.0. The zero-order chi connectivity index (χ0) is 27.2. The lowest BCUT2D eigenvalue weighted by atomic mass is 9.98. The van der Waals surface area contributed by atoms with Gasteiger partial charge in [-0.2, -0.15) is 5.10 Å². The predicted molar refractivity (Wildman–Crippen MR) is 160 cm³/mol. The molecule has 5 rings (SSSR count). The van der Waals surface area contributed by atoms with E-state index in [2.05, 4.69) is 50.9 Å². The number of nitrogens with one attached hydrogen (secondary N) is 1. The van der Waals surface area contributed by atoms with Crippen LogP contribution < -0.4 is 26.7 Å². The summed E-state index contributed by atoms with van der Waals surface area (Å²) in [7, 11) is 0. The fraction of sp³-hybridized carbons (Fsp3) is 0.200. The molecule has 0 atom stereocenters. The number of piperidine rings is 1. The van der Waals surface area contributed by atoms with Gasteiger partial charge in [-0.05, 0) is 73.4 Å². The molecule has 2 aromatic heterocycles. The molecule has 9 nitrogen and oxygen atoms in total. The molecule has 198 valence electrons. The molecule has 1 saturated heterocycles. The third-order valence-electron chi connectivity index (χ3n) is 6.86. The molecule has 3 heterocycles. The average Bonchev–Trinajstić information content (AvgIpc) is 2.97. The Hall–Kier alpha value is -4.92. The van der Waals surface area contributed by atoms with Crippen molar-refractivity contribution in [3.63, 3.8) is 0 Å². The summed E-state index contributed by atoms with van der Waals surface area (Å²) in [6.45, 7) is 8.25. The highest BCUT2D eigenvalue weighted by atomic mass is 15.5. The van der Waals surface area contributed by atoms with E-state index in [0.717, 1.165) is 58.6 Å². The lowest BCUT2D eigenvalue weighted by Gasteiger charge is -2.33. The number of nitrogen functional groups attached to an aromatic ring is 1. The van der Waals surface area contributed by atoms with E-state index in [1.165, 1.54) is 12.8 Å². The number of hydrogen-bond acceptors (Lipinski definition) is 8. The average molecular weight is 520 g/mol. The van der Waals surface area contributed by atoms with E-state index >= 15 is 0 Å². The van der Waals surface area contributed by atoms with Crippen LogP contribution in [0.1, 0.15) is 25.3 Å². The van der Waals surface area contributed by atoms with E-state index in [-0.39, 0.29) is 0 Å². The molecular weight excluding hydrogens is 486 g/mol. The maximum Gasteiger partial charge on any atom is 0.227 e. The molecule has 4 aromatic rings. The van der Waals surface area contributed by atoms with Crippen LogP contribution in [0.2, 0.25) is 0 Å². The molecule has 0 radical (unpaired) electrons. The van der Waals surface area contributed by atoms with Crippen molar-refractivity contribution in [3.8, 4) is 11.3 Å². The number of amidine groups is 1. The standard InChI is InChI=1S/C30H33N9/c1-3-39(37-29(32)22-10-15-33-16-11-22)25-7-5-24(6-8-25)35-30-34-17-12-27(36-30)23-4-9-28(26(31)20-23)38-18-13-21(2)14-19-38/h3-12,15-17,20-21H,1,13-14,18-19,31H2,2H3,(H2,32,37)(H,34,35,36). The molecule has 0 aliphatic carbocycles. The minimum atomic E-state index is 0.365. The summed E-state index contributed by atoms with van der Waals surface area (Å²) in [5, 5.41) is 9.36. The Morgan fingerprint density at radius 3 is 2.49 bits per heavy atom. The number of nitrogens with zero attached hydrogens (tertiary/aromatic N) is 6. The molecule has 2 aromatic carbocycles. The number of nitrogens with two attached hydrogens (primary N) is 2. The largest absolute Gasteiger partial charge is 0.397 e. The van der Waals surface area contributed by atoms with E-state index in [9.17, 15) is 0 Å². The van der Waals surface area contributed by atoms with Crippen molar-refractivity contribution in [2.24, 2.45) is 16.8 Å². The fourth-order valence-electron chi connectivity index (χ4n) is 4.56. The van der Waals surface area contributed by atoms with Gasteiger partial charge >= 0.3 is 0 Å². The summed E-state index contributed by atoms with van der Waals surface area (Å²) in [6.07, 6.45) is 9.08. The SMILES string of the molecule is C=CN(/N=C(\N)c1ccncc1)c1ccc(Nc2nccc(-c3ccc(N4CCC(C)CC4)c(N)c3)n2)cc1. The quantitative estimate of drug-likeness (QED) is 0.123. The van der Waals surface area contributed by atoms with Crippen molar-refractivity contribution in [1.29, 1.82) is 0 Å². The second-order valence-corrected chi connectivity index (χ2v) is 9.63. The molecule has 1 aliphatic heterocycles. The van der Waals surface area contributed by atoms with Gasteiger partial charge in [0.1, 0.15) is 0 Å². The van der Waals surface area contributed by atoms with E-state index in [4.69, 9.17) is 16.5 Å². The van der Waals surface area contributed by atoms with E-state index in [1.54, 1.807) is 41.9 Å². The van der Waals surface area contributed by atoms with E-state index in [1.807, 2.05) is 36.4 Å². The van der Waals surface area contributed by atoms with Gasteiger partial charge in [0.25, 0.3) is 0 Å². The van der Waals surface area contributed by atoms with Crippen molar-refractivity contribution in [1.82, 2.24) is 15.0 Å². The van der Waals surface area contributed by atoms with Crippen molar-refractivity contribution in [2.45, 2.75) is 19.8 Å². The maximum atomic E-state index is 6.47. The van der Waals surface area contributed by atoms with Crippen LogP contribution >= 0.6 is 0 Å². The van der Waals surface area contributed by atoms with Gasteiger partial charge < -0.3 is 21.7 Å². The first-order valence-corrected chi connectivity index (χ1v) is 13.0. The smallest absolute Gasteiger partial charge is 0.227 e. The summed E-state index contributed by atoms with van der Waals surface area (Å²) in [4.78, 5) is 15.5. The lowest BCUT2D eigenvalue weighted by molar-refractivity contribution is 0.439. The fourth-order valence-corrected chi connectivity index (χ4v) is 4.56. The first-order valence-electron chi connectivity index (χ1n) is 13.0. The van der Waals surface area contributed by atoms with E-state index in [0.29, 0.717) is 11.8 Å². The Balaban J connectivity index is 1.28. The van der Waals surface area contributed by atoms with Crippen LogP contribution in [0.4, 0.5) is 28.7 Å². The maximum absolute atomic E-state index is 6.47. The normalized spacial score (nSPS) is 14.2. The molecule has 1 fully saturated rings. The van der Waals surface area contributed by atoms with Crippen LogP contribution in [0.25, 0.3) is 11.3 Å². The first kappa shape index (κ1) is 25.7. The van der Waals surface area contributed by atoms with Gasteiger partial charge in [-0.15, -0.1) is 0 Å². The molecule has 0 bridgehead atoms. The van der Waals surface area contributed by atoms with Crippen molar-refractivity contribution in [3.05, 3.63) is 97.6 Å². The Morgan fingerprint density at radius 2 is 1.79 bits per heavy atom. The Kier molecular flexibility index (Phi) is 7.68. The van der Waals surface area contributed by atoms with Crippen LogP contribution in [0, 0.1) is 5.92 Å². The number of anilines is 5. The van der Waals surface area contributed by atoms with Crippen molar-refractivity contribution >= 4 is 34.5 Å². The third kappa shape index (κ3) is 6.15. The molecule has 9 heteroatoms. The Morgan fingerprint density at radius 1 is 1.05 bits per heavy atom. The van der Waals surface area contributed by atoms with Gasteiger partial charge in [0, 0.05) is 54.7 Å². The summed E-state index contributed by atoms with van der Waals surface area (Å²) in [6, 6.07) is 19.3. The number of rotatable bonds is 8. The summed E-state index contributed by atoms with van der Waals surface area (Å²) >= 11 is 0. The van der Waals surface area contributed by atoms with Gasteiger partial charge in [-0.25, -0.2) is 15.0 Å². The molecule has 0 spiro atoms. The zero-order valence-corrected chi connectivity index (χ0v) is 22.0. The molecule has 39 heavy (non-hydrogen) atoms. The summed E-state index contributed by atoms with van der Waals surface area (Å²) in [5.41, 5.74) is 18.7. The minimum absolute atomic E-state index is 0.365. The Bertz CT molecular complexity index is 1440. The molecule has 0 saturated carbocycles. The monoisotopic (exact) mass is 519 g/mol. The molecule has 1 aliphatic rings.